The molecule has 2 aliphatic rings. The number of benzene rings is 2. The molecule has 1 atom stereocenters. The molecule has 2 fully saturated rings. The van der Waals surface area contributed by atoms with Crippen molar-refractivity contribution in [2.75, 3.05) is 26.3 Å². The summed E-state index contributed by atoms with van der Waals surface area (Å²) < 4.78 is 39.6. The number of aromatic nitrogens is 2. The number of hydrogen-bond acceptors (Lipinski definition) is 5. The van der Waals surface area contributed by atoms with Crippen molar-refractivity contribution in [3.05, 3.63) is 71.1 Å². The zero-order valence-electron chi connectivity index (χ0n) is 17.7. The molecule has 3 heterocycles. The molecule has 8 heteroatoms. The molecule has 2 aliphatic heterocycles. The second kappa shape index (κ2) is 8.09. The molecule has 0 aliphatic carbocycles. The number of carbonyl (C=O) groups excluding carboxylic acids is 1. The van der Waals surface area contributed by atoms with Crippen molar-refractivity contribution in [2.24, 2.45) is 5.41 Å². The molecule has 32 heavy (non-hydrogen) atoms. The van der Waals surface area contributed by atoms with Gasteiger partial charge in [0, 0.05) is 37.3 Å². The summed E-state index contributed by atoms with van der Waals surface area (Å²) in [4.78, 5) is 14.7. The smallest absolute Gasteiger partial charge is 0.256 e. The van der Waals surface area contributed by atoms with E-state index in [-0.39, 0.29) is 16.9 Å². The minimum Gasteiger partial charge on any atom is -0.420 e. The van der Waals surface area contributed by atoms with Gasteiger partial charge in [-0.1, -0.05) is 17.7 Å². The first-order chi connectivity index (χ1) is 15.4. The van der Waals surface area contributed by atoms with Gasteiger partial charge in [-0.3, -0.25) is 4.79 Å². The number of aryl methyl sites for hydroxylation is 1. The number of halogens is 2. The Morgan fingerprint density at radius 2 is 1.84 bits per heavy atom. The molecule has 0 N–H and O–H groups in total. The topological polar surface area (TPSA) is 68.5 Å². The Bertz CT molecular complexity index is 1140. The van der Waals surface area contributed by atoms with Crippen molar-refractivity contribution >= 4 is 5.91 Å². The molecule has 1 aromatic heterocycles. The van der Waals surface area contributed by atoms with Crippen molar-refractivity contribution in [3.63, 3.8) is 0 Å². The molecule has 2 aromatic carbocycles. The van der Waals surface area contributed by atoms with Gasteiger partial charge in [0.15, 0.2) is 0 Å². The quantitative estimate of drug-likeness (QED) is 0.607. The predicted molar refractivity (Wildman–Crippen MR) is 112 cm³/mol. The maximum atomic E-state index is 14.3. The van der Waals surface area contributed by atoms with Crippen LogP contribution in [0.1, 0.15) is 40.6 Å². The maximum absolute atomic E-state index is 14.3. The fourth-order valence-corrected chi connectivity index (χ4v) is 4.77. The summed E-state index contributed by atoms with van der Waals surface area (Å²) in [6.45, 7) is 3.82. The van der Waals surface area contributed by atoms with Crippen LogP contribution < -0.4 is 0 Å². The van der Waals surface area contributed by atoms with Crippen LogP contribution in [0, 0.1) is 24.0 Å². The minimum absolute atomic E-state index is 0.210. The van der Waals surface area contributed by atoms with Crippen LogP contribution in [0.3, 0.4) is 0 Å². The highest BCUT2D eigenvalue weighted by Crippen LogP contribution is 2.49. The Kier molecular flexibility index (Phi) is 5.25. The van der Waals surface area contributed by atoms with E-state index < -0.39 is 17.5 Å². The lowest BCUT2D eigenvalue weighted by atomic mass is 9.72. The van der Waals surface area contributed by atoms with E-state index in [2.05, 4.69) is 10.2 Å². The molecule has 5 rings (SSSR count). The van der Waals surface area contributed by atoms with Gasteiger partial charge in [0.05, 0.1) is 11.5 Å². The Hall–Kier alpha value is -3.13. The Morgan fingerprint density at radius 1 is 1.09 bits per heavy atom. The average molecular weight is 439 g/mol. The van der Waals surface area contributed by atoms with E-state index >= 15 is 0 Å². The highest BCUT2D eigenvalue weighted by Gasteiger charge is 2.51. The largest absolute Gasteiger partial charge is 0.420 e. The molecule has 1 spiro atoms. The molecule has 166 valence electrons. The summed E-state index contributed by atoms with van der Waals surface area (Å²) >= 11 is 0. The van der Waals surface area contributed by atoms with E-state index in [0.717, 1.165) is 42.2 Å². The second-order valence-corrected chi connectivity index (χ2v) is 8.65. The molecule has 0 bridgehead atoms. The number of amides is 1. The first kappa shape index (κ1) is 20.8. The number of carbonyl (C=O) groups is 1. The van der Waals surface area contributed by atoms with E-state index in [9.17, 15) is 13.6 Å². The molecule has 6 nitrogen and oxygen atoms in total. The number of hydrogen-bond donors (Lipinski definition) is 0. The average Bonchev–Trinajstić information content (AvgIpc) is 3.41. The molecule has 0 radical (unpaired) electrons. The summed E-state index contributed by atoms with van der Waals surface area (Å²) in [5.74, 6) is -1.25. The van der Waals surface area contributed by atoms with E-state index in [4.69, 9.17) is 9.15 Å². The molecular formula is C24H23F2N3O3. The fourth-order valence-electron chi connectivity index (χ4n) is 4.77. The lowest BCUT2D eigenvalue weighted by molar-refractivity contribution is 0.00905. The standard InChI is InChI=1S/C24H23F2N3O3/c1-15-2-4-16(5-3-15)21-27-28-22(32-21)19-13-29(14-24(19)8-10-31-11-9-24)23(30)18-12-17(25)6-7-20(18)26/h2-7,12,19H,8-11,13-14H2,1H3. The van der Waals surface area contributed by atoms with E-state index in [1.807, 2.05) is 31.2 Å². The van der Waals surface area contributed by atoms with Gasteiger partial charge in [0.2, 0.25) is 11.8 Å². The summed E-state index contributed by atoms with van der Waals surface area (Å²) in [6.07, 6.45) is 1.44. The molecule has 1 unspecified atom stereocenters. The number of rotatable bonds is 3. The zero-order valence-corrected chi connectivity index (χ0v) is 17.7. The van der Waals surface area contributed by atoms with Crippen LogP contribution in [0.4, 0.5) is 8.78 Å². The SMILES string of the molecule is Cc1ccc(-c2nnc(C3CN(C(=O)c4cc(F)ccc4F)CC34CCOCC4)o2)cc1. The van der Waals surface area contributed by atoms with E-state index in [0.29, 0.717) is 38.1 Å². The van der Waals surface area contributed by atoms with Crippen LogP contribution in [0.2, 0.25) is 0 Å². The summed E-state index contributed by atoms with van der Waals surface area (Å²) in [5.41, 5.74) is 1.38. The number of likely N-dealkylation sites (tertiary alicyclic amines) is 1. The third-order valence-electron chi connectivity index (χ3n) is 6.62. The van der Waals surface area contributed by atoms with Gasteiger partial charge < -0.3 is 14.1 Å². The van der Waals surface area contributed by atoms with Gasteiger partial charge in [-0.2, -0.15) is 0 Å². The van der Waals surface area contributed by atoms with Gasteiger partial charge >= 0.3 is 0 Å². The Morgan fingerprint density at radius 3 is 2.59 bits per heavy atom. The fraction of sp³-hybridized carbons (Fsp3) is 0.375. The highest BCUT2D eigenvalue weighted by atomic mass is 19.1. The Labute approximate surface area is 184 Å². The monoisotopic (exact) mass is 439 g/mol. The van der Waals surface area contributed by atoms with Crippen molar-refractivity contribution in [2.45, 2.75) is 25.7 Å². The van der Waals surface area contributed by atoms with Gasteiger partial charge in [-0.15, -0.1) is 10.2 Å². The number of nitrogens with zero attached hydrogens (tertiary/aromatic N) is 3. The molecule has 0 saturated carbocycles. The predicted octanol–water partition coefficient (Wildman–Crippen LogP) is 4.36. The van der Waals surface area contributed by atoms with Gasteiger partial charge in [0.25, 0.3) is 5.91 Å². The van der Waals surface area contributed by atoms with Gasteiger partial charge in [-0.25, -0.2) is 8.78 Å². The first-order valence-electron chi connectivity index (χ1n) is 10.7. The Balaban J connectivity index is 1.46. The maximum Gasteiger partial charge on any atom is 0.256 e. The molecule has 2 saturated heterocycles. The second-order valence-electron chi connectivity index (χ2n) is 8.65. The summed E-state index contributed by atoms with van der Waals surface area (Å²) in [5, 5.41) is 8.55. The van der Waals surface area contributed by atoms with Crippen LogP contribution in [0.15, 0.2) is 46.9 Å². The van der Waals surface area contributed by atoms with Crippen LogP contribution in [-0.2, 0) is 4.74 Å². The van der Waals surface area contributed by atoms with Crippen LogP contribution >= 0.6 is 0 Å². The lowest BCUT2D eigenvalue weighted by Crippen LogP contribution is -2.37. The highest BCUT2D eigenvalue weighted by molar-refractivity contribution is 5.94. The molecule has 3 aromatic rings. The summed E-state index contributed by atoms with van der Waals surface area (Å²) in [6, 6.07) is 10.7. The summed E-state index contributed by atoms with van der Waals surface area (Å²) in [7, 11) is 0. The zero-order chi connectivity index (χ0) is 22.3. The third kappa shape index (κ3) is 3.68. The number of ether oxygens (including phenoxy) is 1. The van der Waals surface area contributed by atoms with E-state index in [1.165, 1.54) is 0 Å². The van der Waals surface area contributed by atoms with Crippen LogP contribution in [0.25, 0.3) is 11.5 Å². The van der Waals surface area contributed by atoms with Crippen LogP contribution in [0.5, 0.6) is 0 Å². The van der Waals surface area contributed by atoms with Crippen LogP contribution in [-0.4, -0.2) is 47.3 Å². The van der Waals surface area contributed by atoms with Gasteiger partial charge in [0.1, 0.15) is 11.6 Å². The lowest BCUT2D eigenvalue weighted by Gasteiger charge is -2.36. The van der Waals surface area contributed by atoms with Crippen molar-refractivity contribution < 1.29 is 22.7 Å². The molecular weight excluding hydrogens is 416 g/mol. The molecule has 1 amide bonds. The van der Waals surface area contributed by atoms with E-state index in [1.54, 1.807) is 4.90 Å². The van der Waals surface area contributed by atoms with Crippen molar-refractivity contribution in [1.29, 1.82) is 0 Å². The first-order valence-corrected chi connectivity index (χ1v) is 10.7. The van der Waals surface area contributed by atoms with Crippen molar-refractivity contribution in [1.82, 2.24) is 15.1 Å². The van der Waals surface area contributed by atoms with Crippen molar-refractivity contribution in [3.8, 4) is 11.5 Å². The third-order valence-corrected chi connectivity index (χ3v) is 6.62. The van der Waals surface area contributed by atoms with Gasteiger partial charge in [-0.05, 0) is 50.1 Å². The minimum atomic E-state index is -0.736. The normalized spacial score (nSPS) is 20.1.